The highest BCUT2D eigenvalue weighted by molar-refractivity contribution is 6.30. The van der Waals surface area contributed by atoms with E-state index < -0.39 is 0 Å². The lowest BCUT2D eigenvalue weighted by Gasteiger charge is -2.10. The summed E-state index contributed by atoms with van der Waals surface area (Å²) >= 11 is 5.83. The molecule has 0 fully saturated rings. The molecule has 2 aromatic rings. The van der Waals surface area contributed by atoms with Crippen molar-refractivity contribution in [1.82, 2.24) is 5.32 Å². The highest BCUT2D eigenvalue weighted by atomic mass is 35.5. The number of hydrogen-bond acceptors (Lipinski definition) is 2. The molecule has 2 aromatic carbocycles. The van der Waals surface area contributed by atoms with E-state index in [1.807, 2.05) is 50.2 Å². The Bertz CT molecular complexity index is 623. The van der Waals surface area contributed by atoms with Crippen LogP contribution in [0, 0.1) is 13.8 Å². The quantitative estimate of drug-likeness (QED) is 0.884. The first-order valence-corrected chi connectivity index (χ1v) is 7.24. The van der Waals surface area contributed by atoms with E-state index in [4.69, 9.17) is 11.6 Å². The minimum absolute atomic E-state index is 0.0454. The minimum atomic E-state index is -0.0454. The Labute approximate surface area is 130 Å². The Morgan fingerprint density at radius 3 is 2.48 bits per heavy atom. The van der Waals surface area contributed by atoms with E-state index in [9.17, 15) is 4.79 Å². The molecular formula is C17H19ClN2O. The number of halogens is 1. The average Bonchev–Trinajstić information content (AvgIpc) is 2.44. The molecule has 0 bridgehead atoms. The summed E-state index contributed by atoms with van der Waals surface area (Å²) in [5.74, 6) is -0.0454. The van der Waals surface area contributed by atoms with Gasteiger partial charge in [-0.2, -0.15) is 0 Å². The first kappa shape index (κ1) is 15.5. The summed E-state index contributed by atoms with van der Waals surface area (Å²) in [6, 6.07) is 13.5. The second-order valence-electron chi connectivity index (χ2n) is 5.10. The number of amides is 1. The molecule has 2 N–H and O–H groups in total. The lowest BCUT2D eigenvalue weighted by atomic mass is 10.1. The highest BCUT2D eigenvalue weighted by Gasteiger charge is 2.04. The Morgan fingerprint density at radius 2 is 1.81 bits per heavy atom. The van der Waals surface area contributed by atoms with Crippen molar-refractivity contribution in [3.8, 4) is 0 Å². The topological polar surface area (TPSA) is 41.1 Å². The van der Waals surface area contributed by atoms with Crippen LogP contribution in [0.4, 0.5) is 5.69 Å². The van der Waals surface area contributed by atoms with Crippen molar-refractivity contribution >= 4 is 23.2 Å². The summed E-state index contributed by atoms with van der Waals surface area (Å²) in [7, 11) is 0. The summed E-state index contributed by atoms with van der Waals surface area (Å²) in [5.41, 5.74) is 4.21. The zero-order chi connectivity index (χ0) is 15.2. The van der Waals surface area contributed by atoms with E-state index >= 15 is 0 Å². The zero-order valence-electron chi connectivity index (χ0n) is 12.2. The first-order valence-electron chi connectivity index (χ1n) is 6.87. The van der Waals surface area contributed by atoms with Crippen molar-refractivity contribution in [2.75, 3.05) is 11.9 Å². The number of rotatable bonds is 5. The first-order chi connectivity index (χ1) is 10.0. The molecule has 0 atom stereocenters. The lowest BCUT2D eigenvalue weighted by molar-refractivity contribution is -0.115. The zero-order valence-corrected chi connectivity index (χ0v) is 13.0. The monoisotopic (exact) mass is 302 g/mol. The van der Waals surface area contributed by atoms with Gasteiger partial charge >= 0.3 is 0 Å². The van der Waals surface area contributed by atoms with E-state index in [0.717, 1.165) is 16.8 Å². The molecule has 4 heteroatoms. The second-order valence-corrected chi connectivity index (χ2v) is 5.53. The third-order valence-electron chi connectivity index (χ3n) is 3.18. The van der Waals surface area contributed by atoms with Crippen molar-refractivity contribution in [3.63, 3.8) is 0 Å². The lowest BCUT2D eigenvalue weighted by Crippen LogP contribution is -2.27. The van der Waals surface area contributed by atoms with Crippen molar-refractivity contribution in [1.29, 1.82) is 0 Å². The fourth-order valence-electron chi connectivity index (χ4n) is 2.07. The third-order valence-corrected chi connectivity index (χ3v) is 3.44. The molecule has 2 rings (SSSR count). The maximum absolute atomic E-state index is 11.9. The van der Waals surface area contributed by atoms with Crippen LogP contribution in [-0.4, -0.2) is 12.5 Å². The molecule has 0 unspecified atom stereocenters. The number of carbonyl (C=O) groups excluding carboxylic acids is 1. The third kappa shape index (κ3) is 4.88. The molecule has 0 radical (unpaired) electrons. The van der Waals surface area contributed by atoms with Gasteiger partial charge in [-0.3, -0.25) is 4.79 Å². The van der Waals surface area contributed by atoms with Crippen LogP contribution in [0.2, 0.25) is 5.02 Å². The molecule has 0 aliphatic carbocycles. The fraction of sp³-hybridized carbons (Fsp3) is 0.235. The summed E-state index contributed by atoms with van der Waals surface area (Å²) < 4.78 is 0. The molecule has 0 aliphatic heterocycles. The normalized spacial score (nSPS) is 10.4. The van der Waals surface area contributed by atoms with Crippen molar-refractivity contribution < 1.29 is 4.79 Å². The van der Waals surface area contributed by atoms with Gasteiger partial charge in [0, 0.05) is 17.3 Å². The van der Waals surface area contributed by atoms with Gasteiger partial charge in [0.25, 0.3) is 0 Å². The molecule has 0 aromatic heterocycles. The van der Waals surface area contributed by atoms with Crippen molar-refractivity contribution in [2.45, 2.75) is 20.4 Å². The minimum Gasteiger partial charge on any atom is -0.325 e. The van der Waals surface area contributed by atoms with Crippen LogP contribution in [-0.2, 0) is 11.3 Å². The van der Waals surface area contributed by atoms with Crippen LogP contribution in [0.3, 0.4) is 0 Å². The van der Waals surface area contributed by atoms with Gasteiger partial charge in [0.05, 0.1) is 6.54 Å². The number of nitrogens with one attached hydrogen (secondary N) is 2. The summed E-state index contributed by atoms with van der Waals surface area (Å²) in [4.78, 5) is 11.9. The Hall–Kier alpha value is -1.84. The molecule has 0 aliphatic rings. The van der Waals surface area contributed by atoms with Crippen LogP contribution in [0.25, 0.3) is 0 Å². The molecule has 21 heavy (non-hydrogen) atoms. The average molecular weight is 303 g/mol. The molecule has 1 amide bonds. The van der Waals surface area contributed by atoms with E-state index in [0.29, 0.717) is 11.6 Å². The highest BCUT2D eigenvalue weighted by Crippen LogP contribution is 2.15. The van der Waals surface area contributed by atoms with Crippen LogP contribution >= 0.6 is 11.6 Å². The van der Waals surface area contributed by atoms with Crippen molar-refractivity contribution in [3.05, 3.63) is 64.2 Å². The number of carbonyl (C=O) groups is 1. The molecule has 3 nitrogen and oxygen atoms in total. The molecule has 110 valence electrons. The Balaban J connectivity index is 1.81. The second kappa shape index (κ2) is 7.25. The predicted molar refractivity (Wildman–Crippen MR) is 87.7 cm³/mol. The van der Waals surface area contributed by atoms with Crippen LogP contribution in [0.5, 0.6) is 0 Å². The predicted octanol–water partition coefficient (Wildman–Crippen LogP) is 3.69. The van der Waals surface area contributed by atoms with Crippen LogP contribution in [0.15, 0.2) is 42.5 Å². The molecule has 0 heterocycles. The number of benzene rings is 2. The summed E-state index contributed by atoms with van der Waals surface area (Å²) in [6.07, 6.45) is 0. The van der Waals surface area contributed by atoms with Crippen molar-refractivity contribution in [2.24, 2.45) is 0 Å². The standard InChI is InChI=1S/C17H19ClN2O/c1-12-3-8-16(13(2)9-12)20-17(21)11-19-10-14-4-6-15(18)7-5-14/h3-9,19H,10-11H2,1-2H3,(H,20,21). The molecule has 0 saturated carbocycles. The summed E-state index contributed by atoms with van der Waals surface area (Å²) in [5, 5.41) is 6.74. The van der Waals surface area contributed by atoms with E-state index in [-0.39, 0.29) is 12.5 Å². The van der Waals surface area contributed by atoms with E-state index in [1.54, 1.807) is 0 Å². The fourth-order valence-corrected chi connectivity index (χ4v) is 2.20. The maximum Gasteiger partial charge on any atom is 0.238 e. The van der Waals surface area contributed by atoms with Gasteiger partial charge in [0.1, 0.15) is 0 Å². The molecular weight excluding hydrogens is 284 g/mol. The van der Waals surface area contributed by atoms with E-state index in [1.165, 1.54) is 5.56 Å². The number of anilines is 1. The van der Waals surface area contributed by atoms with Gasteiger partial charge in [0.15, 0.2) is 0 Å². The van der Waals surface area contributed by atoms with Crippen LogP contribution < -0.4 is 10.6 Å². The van der Waals surface area contributed by atoms with Gasteiger partial charge in [-0.05, 0) is 43.2 Å². The van der Waals surface area contributed by atoms with Gasteiger partial charge in [-0.25, -0.2) is 0 Å². The van der Waals surface area contributed by atoms with Crippen LogP contribution in [0.1, 0.15) is 16.7 Å². The van der Waals surface area contributed by atoms with Gasteiger partial charge < -0.3 is 10.6 Å². The largest absolute Gasteiger partial charge is 0.325 e. The smallest absolute Gasteiger partial charge is 0.238 e. The SMILES string of the molecule is Cc1ccc(NC(=O)CNCc2ccc(Cl)cc2)c(C)c1. The Morgan fingerprint density at radius 1 is 1.10 bits per heavy atom. The summed E-state index contributed by atoms with van der Waals surface area (Å²) in [6.45, 7) is 4.93. The number of hydrogen-bond donors (Lipinski definition) is 2. The Kier molecular flexibility index (Phi) is 5.37. The molecule has 0 spiro atoms. The van der Waals surface area contributed by atoms with Gasteiger partial charge in [0.2, 0.25) is 5.91 Å². The maximum atomic E-state index is 11.9. The van der Waals surface area contributed by atoms with Gasteiger partial charge in [-0.1, -0.05) is 41.4 Å². The van der Waals surface area contributed by atoms with E-state index in [2.05, 4.69) is 16.7 Å². The molecule has 0 saturated heterocycles. The number of aryl methyl sites for hydroxylation is 2. The van der Waals surface area contributed by atoms with Gasteiger partial charge in [-0.15, -0.1) is 0 Å².